The second kappa shape index (κ2) is 9.73. The summed E-state index contributed by atoms with van der Waals surface area (Å²) in [5.41, 5.74) is 5.28. The number of sulfonamides is 1. The maximum Gasteiger partial charge on any atom is 0.269 e. The van der Waals surface area contributed by atoms with Crippen molar-refractivity contribution in [2.45, 2.75) is 31.1 Å². The van der Waals surface area contributed by atoms with Crippen LogP contribution in [-0.2, 0) is 10.0 Å². The third kappa shape index (κ3) is 5.17. The van der Waals surface area contributed by atoms with Gasteiger partial charge in [0.15, 0.2) is 0 Å². The Hall–Kier alpha value is -2.91. The van der Waals surface area contributed by atoms with E-state index < -0.39 is 21.8 Å². The molecule has 8 nitrogen and oxygen atoms in total. The number of ether oxygens (including phenoxy) is 1. The minimum atomic E-state index is -3.53. The largest absolute Gasteiger partial charge is 0.494 e. The summed E-state index contributed by atoms with van der Waals surface area (Å²) in [5.74, 6) is -0.351. The molecule has 3 rings (SSSR count). The molecule has 2 N–H and O–H groups in total. The summed E-state index contributed by atoms with van der Waals surface area (Å²) in [7, 11) is -3.53. The fourth-order valence-corrected chi connectivity index (χ4v) is 4.55. The van der Waals surface area contributed by atoms with E-state index in [1.807, 2.05) is 6.92 Å². The number of nitrogens with zero attached hydrogens (tertiary/aromatic N) is 1. The molecular weight excluding hydrogens is 406 g/mol. The number of hydrogen-bond acceptors (Lipinski definition) is 5. The van der Waals surface area contributed by atoms with Gasteiger partial charge in [-0.1, -0.05) is 6.92 Å². The Morgan fingerprint density at radius 1 is 0.900 bits per heavy atom. The third-order valence-electron chi connectivity index (χ3n) is 4.70. The van der Waals surface area contributed by atoms with Crippen LogP contribution in [0.2, 0.25) is 0 Å². The summed E-state index contributed by atoms with van der Waals surface area (Å²) in [5, 5.41) is 0. The molecule has 0 atom stereocenters. The van der Waals surface area contributed by atoms with Crippen molar-refractivity contribution >= 4 is 21.8 Å². The molecule has 160 valence electrons. The van der Waals surface area contributed by atoms with E-state index in [2.05, 4.69) is 10.9 Å². The maximum absolute atomic E-state index is 12.5. The first kappa shape index (κ1) is 21.8. The van der Waals surface area contributed by atoms with E-state index in [9.17, 15) is 18.0 Å². The molecule has 0 radical (unpaired) electrons. The van der Waals surface area contributed by atoms with E-state index >= 15 is 0 Å². The summed E-state index contributed by atoms with van der Waals surface area (Å²) < 4.78 is 32.0. The summed E-state index contributed by atoms with van der Waals surface area (Å²) >= 11 is 0. The van der Waals surface area contributed by atoms with Gasteiger partial charge in [0.2, 0.25) is 10.0 Å². The number of rotatable bonds is 7. The van der Waals surface area contributed by atoms with Crippen molar-refractivity contribution < 1.29 is 22.7 Å². The normalized spacial score (nSPS) is 14.3. The van der Waals surface area contributed by atoms with Gasteiger partial charge in [-0.3, -0.25) is 20.4 Å². The van der Waals surface area contributed by atoms with Gasteiger partial charge in [0.25, 0.3) is 11.8 Å². The van der Waals surface area contributed by atoms with Gasteiger partial charge in [0.1, 0.15) is 5.75 Å². The molecule has 0 spiro atoms. The first-order valence-electron chi connectivity index (χ1n) is 9.85. The molecule has 1 aliphatic heterocycles. The van der Waals surface area contributed by atoms with Crippen LogP contribution in [0.15, 0.2) is 53.4 Å². The highest BCUT2D eigenvalue weighted by molar-refractivity contribution is 7.89. The SMILES string of the molecule is CCCOc1ccc(C(=O)NNC(=O)c2ccc(S(=O)(=O)N3CCCC3)cc2)cc1. The van der Waals surface area contributed by atoms with Gasteiger partial charge >= 0.3 is 0 Å². The van der Waals surface area contributed by atoms with Crippen LogP contribution in [0.1, 0.15) is 46.9 Å². The van der Waals surface area contributed by atoms with E-state index in [4.69, 9.17) is 4.74 Å². The summed E-state index contributed by atoms with van der Waals surface area (Å²) in [6.07, 6.45) is 2.60. The topological polar surface area (TPSA) is 105 Å². The second-order valence-electron chi connectivity index (χ2n) is 6.92. The minimum Gasteiger partial charge on any atom is -0.494 e. The molecule has 0 aromatic heterocycles. The number of amides is 2. The number of hydrazine groups is 1. The molecule has 30 heavy (non-hydrogen) atoms. The molecule has 0 aliphatic carbocycles. The molecule has 2 aromatic carbocycles. The lowest BCUT2D eigenvalue weighted by atomic mass is 10.2. The maximum atomic E-state index is 12.5. The van der Waals surface area contributed by atoms with Crippen LogP contribution in [0.4, 0.5) is 0 Å². The van der Waals surface area contributed by atoms with E-state index in [0.29, 0.717) is 31.0 Å². The van der Waals surface area contributed by atoms with E-state index in [1.165, 1.54) is 28.6 Å². The summed E-state index contributed by atoms with van der Waals surface area (Å²) in [4.78, 5) is 24.6. The van der Waals surface area contributed by atoms with E-state index in [-0.39, 0.29) is 10.5 Å². The van der Waals surface area contributed by atoms with Crippen molar-refractivity contribution in [3.63, 3.8) is 0 Å². The molecule has 1 saturated heterocycles. The van der Waals surface area contributed by atoms with Crippen LogP contribution in [0.5, 0.6) is 5.75 Å². The minimum absolute atomic E-state index is 0.148. The highest BCUT2D eigenvalue weighted by Crippen LogP contribution is 2.21. The molecular formula is C21H25N3O5S. The Labute approximate surface area is 176 Å². The number of nitrogens with one attached hydrogen (secondary N) is 2. The second-order valence-corrected chi connectivity index (χ2v) is 8.85. The van der Waals surface area contributed by atoms with Crippen molar-refractivity contribution in [2.24, 2.45) is 0 Å². The Kier molecular flexibility index (Phi) is 7.07. The lowest BCUT2D eigenvalue weighted by Crippen LogP contribution is -2.41. The Morgan fingerprint density at radius 2 is 1.40 bits per heavy atom. The first-order chi connectivity index (χ1) is 14.4. The predicted molar refractivity (Wildman–Crippen MR) is 112 cm³/mol. The van der Waals surface area contributed by atoms with Crippen molar-refractivity contribution in [3.05, 3.63) is 59.7 Å². The van der Waals surface area contributed by atoms with Crippen molar-refractivity contribution in [3.8, 4) is 5.75 Å². The van der Waals surface area contributed by atoms with Gasteiger partial charge in [-0.2, -0.15) is 4.31 Å². The fraction of sp³-hybridized carbons (Fsp3) is 0.333. The van der Waals surface area contributed by atoms with Crippen LogP contribution in [-0.4, -0.2) is 44.2 Å². The lowest BCUT2D eigenvalue weighted by Gasteiger charge is -2.15. The van der Waals surface area contributed by atoms with Crippen LogP contribution in [0.25, 0.3) is 0 Å². The number of carbonyl (C=O) groups excluding carboxylic acids is 2. The Balaban J connectivity index is 1.56. The van der Waals surface area contributed by atoms with E-state index in [1.54, 1.807) is 24.3 Å². The van der Waals surface area contributed by atoms with Gasteiger partial charge in [0.05, 0.1) is 11.5 Å². The molecule has 1 heterocycles. The zero-order chi connectivity index (χ0) is 21.6. The van der Waals surface area contributed by atoms with Crippen LogP contribution in [0.3, 0.4) is 0 Å². The zero-order valence-electron chi connectivity index (χ0n) is 16.8. The first-order valence-corrected chi connectivity index (χ1v) is 11.3. The molecule has 1 aliphatic rings. The fourth-order valence-electron chi connectivity index (χ4n) is 3.04. The van der Waals surface area contributed by atoms with Crippen LogP contribution in [0, 0.1) is 0 Å². The quantitative estimate of drug-likeness (QED) is 0.655. The van der Waals surface area contributed by atoms with Gasteiger partial charge in [-0.25, -0.2) is 8.42 Å². The molecule has 1 fully saturated rings. The van der Waals surface area contributed by atoms with Crippen molar-refractivity contribution in [1.82, 2.24) is 15.2 Å². The molecule has 2 aromatic rings. The molecule has 0 saturated carbocycles. The lowest BCUT2D eigenvalue weighted by molar-refractivity contribution is 0.0846. The predicted octanol–water partition coefficient (Wildman–Crippen LogP) is 2.33. The Morgan fingerprint density at radius 3 is 1.90 bits per heavy atom. The van der Waals surface area contributed by atoms with Gasteiger partial charge in [-0.05, 0) is 67.8 Å². The van der Waals surface area contributed by atoms with E-state index in [0.717, 1.165) is 19.3 Å². The molecule has 0 bridgehead atoms. The van der Waals surface area contributed by atoms with Gasteiger partial charge in [-0.15, -0.1) is 0 Å². The van der Waals surface area contributed by atoms with Gasteiger partial charge in [0, 0.05) is 24.2 Å². The standard InChI is InChI=1S/C21H25N3O5S/c1-2-15-29-18-9-5-16(6-10-18)20(25)22-23-21(26)17-7-11-19(12-8-17)30(27,28)24-13-3-4-14-24/h5-12H,2-4,13-15H2,1H3,(H,22,25)(H,23,26). The summed E-state index contributed by atoms with van der Waals surface area (Å²) in [6.45, 7) is 3.63. The number of benzene rings is 2. The van der Waals surface area contributed by atoms with Crippen LogP contribution >= 0.6 is 0 Å². The zero-order valence-corrected chi connectivity index (χ0v) is 17.6. The van der Waals surface area contributed by atoms with Crippen molar-refractivity contribution in [1.29, 1.82) is 0 Å². The average Bonchev–Trinajstić information content (AvgIpc) is 3.32. The molecule has 9 heteroatoms. The summed E-state index contributed by atoms with van der Waals surface area (Å²) in [6, 6.07) is 12.2. The van der Waals surface area contributed by atoms with Gasteiger partial charge < -0.3 is 4.74 Å². The third-order valence-corrected chi connectivity index (χ3v) is 6.61. The number of hydrogen-bond donors (Lipinski definition) is 2. The Bertz CT molecular complexity index is 982. The van der Waals surface area contributed by atoms with Crippen molar-refractivity contribution in [2.75, 3.05) is 19.7 Å². The smallest absolute Gasteiger partial charge is 0.269 e. The average molecular weight is 432 g/mol. The van der Waals surface area contributed by atoms with Crippen LogP contribution < -0.4 is 15.6 Å². The molecule has 2 amide bonds. The monoisotopic (exact) mass is 431 g/mol. The molecule has 0 unspecified atom stereocenters. The number of carbonyl (C=O) groups is 2. The highest BCUT2D eigenvalue weighted by atomic mass is 32.2. The highest BCUT2D eigenvalue weighted by Gasteiger charge is 2.27.